The van der Waals surface area contributed by atoms with Gasteiger partial charge in [-0.25, -0.2) is 0 Å². The number of hydrogen-bond acceptors (Lipinski definition) is 1. The standard InChI is InChI=1S/C2H6O.HI.Li/c1-2-3;;/h3H,2H2,1H3;1H;/q;;+1/p-1. The van der Waals surface area contributed by atoms with Crippen LogP contribution < -0.4 is 42.8 Å². The van der Waals surface area contributed by atoms with E-state index in [1.165, 1.54) is 0 Å². The number of aliphatic hydroxyl groups is 1. The van der Waals surface area contributed by atoms with Gasteiger partial charge in [-0.05, 0) is 6.92 Å². The Labute approximate surface area is 61.3 Å². The third-order valence-electron chi connectivity index (χ3n) is 0. The zero-order valence-electron chi connectivity index (χ0n) is 3.53. The molecule has 0 aromatic rings. The van der Waals surface area contributed by atoms with Crippen molar-refractivity contribution in [2.24, 2.45) is 0 Å². The Morgan fingerprint density at radius 2 is 1.60 bits per heavy atom. The fraction of sp³-hybridized carbons (Fsp3) is 1.00. The van der Waals surface area contributed by atoms with Crippen molar-refractivity contribution in [1.29, 1.82) is 0 Å². The van der Waals surface area contributed by atoms with E-state index in [2.05, 4.69) is 0 Å². The molecule has 5 heavy (non-hydrogen) atoms. The second-order valence-corrected chi connectivity index (χ2v) is 0.316. The van der Waals surface area contributed by atoms with Gasteiger partial charge in [-0.15, -0.1) is 0 Å². The maximum Gasteiger partial charge on any atom is 1.00 e. The SMILES string of the molecule is CCO.[I-].[Li+]. The molecule has 0 aliphatic carbocycles. The van der Waals surface area contributed by atoms with Gasteiger partial charge in [-0.1, -0.05) is 0 Å². The molecule has 1 N–H and O–H groups in total. The maximum atomic E-state index is 7.57. The second-order valence-electron chi connectivity index (χ2n) is 0.316. The van der Waals surface area contributed by atoms with Crippen LogP contribution in [-0.2, 0) is 0 Å². The molecule has 0 heterocycles. The minimum atomic E-state index is 0. The predicted octanol–water partition coefficient (Wildman–Crippen LogP) is -5.99. The summed E-state index contributed by atoms with van der Waals surface area (Å²) in [7, 11) is 0. The molecule has 3 heteroatoms. The van der Waals surface area contributed by atoms with Crippen molar-refractivity contribution in [1.82, 2.24) is 0 Å². The van der Waals surface area contributed by atoms with E-state index in [9.17, 15) is 0 Å². The van der Waals surface area contributed by atoms with E-state index in [0.717, 1.165) is 0 Å². The first kappa shape index (κ1) is 16.3. The molecule has 0 unspecified atom stereocenters. The summed E-state index contributed by atoms with van der Waals surface area (Å²) < 4.78 is 0. The Morgan fingerprint density at radius 3 is 1.60 bits per heavy atom. The number of halogens is 1. The Kier molecular flexibility index (Phi) is 60.4. The zero-order chi connectivity index (χ0) is 2.71. The largest absolute Gasteiger partial charge is 1.00 e. The minimum Gasteiger partial charge on any atom is -1.00 e. The molecule has 28 valence electrons. The maximum absolute atomic E-state index is 7.57. The van der Waals surface area contributed by atoms with Crippen molar-refractivity contribution < 1.29 is 47.9 Å². The molecule has 0 fully saturated rings. The number of rotatable bonds is 0. The monoisotopic (exact) mass is 180 g/mol. The molecule has 0 aromatic carbocycles. The minimum absolute atomic E-state index is 0. The first-order valence-corrected chi connectivity index (χ1v) is 1.02. The second kappa shape index (κ2) is 18.6. The van der Waals surface area contributed by atoms with Gasteiger partial charge in [0.15, 0.2) is 0 Å². The van der Waals surface area contributed by atoms with E-state index in [1.54, 1.807) is 6.92 Å². The van der Waals surface area contributed by atoms with E-state index in [0.29, 0.717) is 0 Å². The van der Waals surface area contributed by atoms with Crippen LogP contribution in [0.4, 0.5) is 0 Å². The normalized spacial score (nSPS) is 3.60. The van der Waals surface area contributed by atoms with Gasteiger partial charge in [0, 0.05) is 6.61 Å². The van der Waals surface area contributed by atoms with E-state index in [1.807, 2.05) is 0 Å². The van der Waals surface area contributed by atoms with Crippen LogP contribution in [0.1, 0.15) is 6.92 Å². The van der Waals surface area contributed by atoms with Gasteiger partial charge < -0.3 is 29.1 Å². The Hall–Kier alpha value is 1.29. The van der Waals surface area contributed by atoms with Gasteiger partial charge in [0.05, 0.1) is 0 Å². The predicted molar refractivity (Wildman–Crippen MR) is 12.8 cm³/mol. The summed E-state index contributed by atoms with van der Waals surface area (Å²) in [4.78, 5) is 0. The van der Waals surface area contributed by atoms with Gasteiger partial charge >= 0.3 is 18.9 Å². The van der Waals surface area contributed by atoms with E-state index < -0.39 is 0 Å². The summed E-state index contributed by atoms with van der Waals surface area (Å²) in [5.74, 6) is 0. The van der Waals surface area contributed by atoms with Crippen molar-refractivity contribution in [3.05, 3.63) is 0 Å². The van der Waals surface area contributed by atoms with Gasteiger partial charge in [-0.3, -0.25) is 0 Å². The summed E-state index contributed by atoms with van der Waals surface area (Å²) >= 11 is 0. The Morgan fingerprint density at radius 1 is 1.60 bits per heavy atom. The molecule has 1 nitrogen and oxygen atoms in total. The molecule has 0 radical (unpaired) electrons. The third-order valence-corrected chi connectivity index (χ3v) is 0. The summed E-state index contributed by atoms with van der Waals surface area (Å²) in [6, 6.07) is 0. The molecule has 0 amide bonds. The fourth-order valence-electron chi connectivity index (χ4n) is 0. The van der Waals surface area contributed by atoms with Crippen molar-refractivity contribution in [3.63, 3.8) is 0 Å². The van der Waals surface area contributed by atoms with Gasteiger partial charge in [0.2, 0.25) is 0 Å². The van der Waals surface area contributed by atoms with Crippen molar-refractivity contribution in [2.45, 2.75) is 6.92 Å². The van der Waals surface area contributed by atoms with Crippen LogP contribution in [0.25, 0.3) is 0 Å². The average molecular weight is 180 g/mol. The van der Waals surface area contributed by atoms with Gasteiger partial charge in [0.1, 0.15) is 0 Å². The summed E-state index contributed by atoms with van der Waals surface area (Å²) in [6.07, 6.45) is 0. The summed E-state index contributed by atoms with van der Waals surface area (Å²) in [6.45, 7) is 1.93. The van der Waals surface area contributed by atoms with Gasteiger partial charge in [-0.2, -0.15) is 0 Å². The van der Waals surface area contributed by atoms with Crippen LogP contribution in [0.3, 0.4) is 0 Å². The van der Waals surface area contributed by atoms with Crippen molar-refractivity contribution in [3.8, 4) is 0 Å². The topological polar surface area (TPSA) is 20.2 Å². The molecule has 0 atom stereocenters. The average Bonchev–Trinajstić information content (AvgIpc) is 0.918. The van der Waals surface area contributed by atoms with Crippen LogP contribution in [0.15, 0.2) is 0 Å². The van der Waals surface area contributed by atoms with E-state index >= 15 is 0 Å². The van der Waals surface area contributed by atoms with Crippen LogP contribution in [0.5, 0.6) is 0 Å². The number of aliphatic hydroxyl groups excluding tert-OH is 1. The van der Waals surface area contributed by atoms with E-state index in [-0.39, 0.29) is 49.4 Å². The Balaban J connectivity index is -0.0000000200. The molecule has 0 aromatic heterocycles. The van der Waals surface area contributed by atoms with Crippen LogP contribution in [0.2, 0.25) is 0 Å². The zero-order valence-corrected chi connectivity index (χ0v) is 5.69. The van der Waals surface area contributed by atoms with Crippen molar-refractivity contribution >= 4 is 0 Å². The smallest absolute Gasteiger partial charge is 1.00 e. The summed E-state index contributed by atoms with van der Waals surface area (Å²) in [5, 5.41) is 7.57. The Bertz CT molecular complexity index is 9.61. The van der Waals surface area contributed by atoms with E-state index in [4.69, 9.17) is 5.11 Å². The molecule has 0 rings (SSSR count). The molecule has 0 saturated carbocycles. The van der Waals surface area contributed by atoms with Gasteiger partial charge in [0.25, 0.3) is 0 Å². The van der Waals surface area contributed by atoms with Crippen LogP contribution in [0, 0.1) is 0 Å². The summed E-state index contributed by atoms with van der Waals surface area (Å²) in [5.41, 5.74) is 0. The molecule has 0 aliphatic heterocycles. The molecular weight excluding hydrogens is 174 g/mol. The van der Waals surface area contributed by atoms with Crippen LogP contribution in [-0.4, -0.2) is 11.7 Å². The third kappa shape index (κ3) is 34.5. The molecule has 0 bridgehead atoms. The first-order valence-electron chi connectivity index (χ1n) is 1.02. The molecule has 0 spiro atoms. The van der Waals surface area contributed by atoms with Crippen LogP contribution >= 0.6 is 0 Å². The fourth-order valence-corrected chi connectivity index (χ4v) is 0. The quantitative estimate of drug-likeness (QED) is 0.290. The first-order chi connectivity index (χ1) is 1.41. The molecule has 0 saturated heterocycles. The number of hydrogen-bond donors (Lipinski definition) is 1. The van der Waals surface area contributed by atoms with Crippen molar-refractivity contribution in [2.75, 3.05) is 6.61 Å². The molecule has 0 aliphatic rings. The molecular formula is C2H6ILiO.